The van der Waals surface area contributed by atoms with E-state index in [-0.39, 0.29) is 6.04 Å². The van der Waals surface area contributed by atoms with E-state index in [2.05, 4.69) is 15.3 Å². The van der Waals surface area contributed by atoms with Crippen LogP contribution in [0.15, 0.2) is 30.5 Å². The van der Waals surface area contributed by atoms with Gasteiger partial charge in [0.25, 0.3) is 0 Å². The van der Waals surface area contributed by atoms with Crippen LogP contribution in [0.25, 0.3) is 0 Å². The second-order valence-electron chi connectivity index (χ2n) is 5.89. The van der Waals surface area contributed by atoms with Crippen molar-refractivity contribution in [3.63, 3.8) is 0 Å². The number of nitrogens with zero attached hydrogens (tertiary/aromatic N) is 2. The summed E-state index contributed by atoms with van der Waals surface area (Å²) < 4.78 is 4.86. The number of hydrogen-bond acceptors (Lipinski definition) is 5. The summed E-state index contributed by atoms with van der Waals surface area (Å²) in [6.45, 7) is 0.972. The second kappa shape index (κ2) is 7.73. The molecule has 3 rings (SSSR count). The van der Waals surface area contributed by atoms with E-state index in [0.29, 0.717) is 22.7 Å². The Morgan fingerprint density at radius 3 is 2.79 bits per heavy atom. The third-order valence-corrected chi connectivity index (χ3v) is 4.45. The molecule has 24 heavy (non-hydrogen) atoms. The van der Waals surface area contributed by atoms with Gasteiger partial charge in [-0.1, -0.05) is 30.2 Å². The first-order valence-corrected chi connectivity index (χ1v) is 8.47. The molecule has 1 saturated heterocycles. The van der Waals surface area contributed by atoms with Crippen LogP contribution in [-0.4, -0.2) is 29.6 Å². The van der Waals surface area contributed by atoms with Gasteiger partial charge in [-0.25, -0.2) is 14.8 Å². The maximum Gasteiger partial charge on any atom is 0.341 e. The van der Waals surface area contributed by atoms with Crippen LogP contribution < -0.4 is 5.32 Å². The van der Waals surface area contributed by atoms with Gasteiger partial charge in [0, 0.05) is 17.6 Å². The van der Waals surface area contributed by atoms with Gasteiger partial charge < -0.3 is 10.1 Å². The summed E-state index contributed by atoms with van der Waals surface area (Å²) in [6.07, 6.45) is 5.46. The molecule has 5 nitrogen and oxygen atoms in total. The monoisotopic (exact) mass is 345 g/mol. The highest BCUT2D eigenvalue weighted by Crippen LogP contribution is 2.22. The van der Waals surface area contributed by atoms with Gasteiger partial charge in [0.1, 0.15) is 5.82 Å². The molecular weight excluding hydrogens is 326 g/mol. The number of piperidine rings is 1. The molecule has 0 spiro atoms. The van der Waals surface area contributed by atoms with Crippen LogP contribution in [0.3, 0.4) is 0 Å². The quantitative estimate of drug-likeness (QED) is 0.861. The number of hydrogen-bond donors (Lipinski definition) is 1. The van der Waals surface area contributed by atoms with Crippen LogP contribution in [0.5, 0.6) is 0 Å². The van der Waals surface area contributed by atoms with Gasteiger partial charge in [0.2, 0.25) is 0 Å². The van der Waals surface area contributed by atoms with Gasteiger partial charge in [0.15, 0.2) is 0 Å². The third kappa shape index (κ3) is 3.91. The van der Waals surface area contributed by atoms with E-state index >= 15 is 0 Å². The fourth-order valence-corrected chi connectivity index (χ4v) is 3.01. The molecule has 126 valence electrons. The van der Waals surface area contributed by atoms with E-state index in [1.165, 1.54) is 13.5 Å². The molecule has 1 unspecified atom stereocenters. The zero-order valence-corrected chi connectivity index (χ0v) is 14.3. The minimum absolute atomic E-state index is 0.148. The summed E-state index contributed by atoms with van der Waals surface area (Å²) >= 11 is 5.94. The van der Waals surface area contributed by atoms with Crippen molar-refractivity contribution in [1.82, 2.24) is 15.3 Å². The largest absolute Gasteiger partial charge is 0.465 e. The summed E-state index contributed by atoms with van der Waals surface area (Å²) in [6, 6.07) is 7.68. The molecule has 0 aliphatic carbocycles. The van der Waals surface area contributed by atoms with Crippen molar-refractivity contribution in [2.75, 3.05) is 13.7 Å². The molecule has 1 aromatic carbocycles. The van der Waals surface area contributed by atoms with Crippen LogP contribution in [0, 0.1) is 0 Å². The average Bonchev–Trinajstić information content (AvgIpc) is 2.63. The van der Waals surface area contributed by atoms with Crippen LogP contribution in [0.4, 0.5) is 0 Å². The minimum atomic E-state index is -0.415. The van der Waals surface area contributed by atoms with Gasteiger partial charge >= 0.3 is 5.97 Å². The van der Waals surface area contributed by atoms with Crippen molar-refractivity contribution < 1.29 is 9.53 Å². The predicted molar refractivity (Wildman–Crippen MR) is 92.2 cm³/mol. The molecule has 1 atom stereocenters. The molecule has 2 heterocycles. The number of carbonyl (C=O) groups is 1. The van der Waals surface area contributed by atoms with Crippen molar-refractivity contribution >= 4 is 17.6 Å². The zero-order chi connectivity index (χ0) is 16.9. The Balaban J connectivity index is 1.92. The Kier molecular flexibility index (Phi) is 5.43. The summed E-state index contributed by atoms with van der Waals surface area (Å²) in [5.74, 6) is 0.327. The lowest BCUT2D eigenvalue weighted by Crippen LogP contribution is -2.29. The van der Waals surface area contributed by atoms with Crippen molar-refractivity contribution in [2.24, 2.45) is 0 Å². The normalized spacial score (nSPS) is 17.5. The molecule has 0 bridgehead atoms. The fraction of sp³-hybridized carbons (Fsp3) is 0.389. The standard InChI is InChI=1S/C18H20ClN3O2/c1-24-18(23)14-11-21-17(15-4-2-3-9-20-15)22-16(14)10-12-5-7-13(19)8-6-12/h5-8,11,15,20H,2-4,9-10H2,1H3. The number of halogens is 1. The van der Waals surface area contributed by atoms with E-state index in [4.69, 9.17) is 16.3 Å². The molecule has 1 aromatic heterocycles. The Labute approximate surface area is 146 Å². The summed E-state index contributed by atoms with van der Waals surface area (Å²) in [5.41, 5.74) is 2.12. The highest BCUT2D eigenvalue weighted by atomic mass is 35.5. The van der Waals surface area contributed by atoms with Gasteiger partial charge in [-0.15, -0.1) is 0 Å². The SMILES string of the molecule is COC(=O)c1cnc(C2CCCCN2)nc1Cc1ccc(Cl)cc1. The summed E-state index contributed by atoms with van der Waals surface area (Å²) in [4.78, 5) is 21.1. The Bertz CT molecular complexity index is 713. The lowest BCUT2D eigenvalue weighted by molar-refractivity contribution is 0.0598. The van der Waals surface area contributed by atoms with Gasteiger partial charge in [-0.2, -0.15) is 0 Å². The Morgan fingerprint density at radius 2 is 2.12 bits per heavy atom. The molecule has 1 aliphatic heterocycles. The van der Waals surface area contributed by atoms with Crippen LogP contribution in [0.2, 0.25) is 5.02 Å². The van der Waals surface area contributed by atoms with Gasteiger partial charge in [0.05, 0.1) is 24.4 Å². The second-order valence-corrected chi connectivity index (χ2v) is 6.32. The molecule has 0 saturated carbocycles. The number of methoxy groups -OCH3 is 1. The summed E-state index contributed by atoms with van der Waals surface area (Å²) in [7, 11) is 1.37. The highest BCUT2D eigenvalue weighted by molar-refractivity contribution is 6.30. The minimum Gasteiger partial charge on any atom is -0.465 e. The van der Waals surface area contributed by atoms with Crippen molar-refractivity contribution in [1.29, 1.82) is 0 Å². The highest BCUT2D eigenvalue weighted by Gasteiger charge is 2.21. The van der Waals surface area contributed by atoms with Gasteiger partial charge in [-0.3, -0.25) is 0 Å². The van der Waals surface area contributed by atoms with Gasteiger partial charge in [-0.05, 0) is 37.1 Å². The van der Waals surface area contributed by atoms with Crippen molar-refractivity contribution in [3.05, 3.63) is 58.1 Å². The van der Waals surface area contributed by atoms with E-state index in [0.717, 1.165) is 30.8 Å². The van der Waals surface area contributed by atoms with Crippen LogP contribution in [-0.2, 0) is 11.2 Å². The molecule has 0 radical (unpaired) electrons. The van der Waals surface area contributed by atoms with E-state index < -0.39 is 5.97 Å². The zero-order valence-electron chi connectivity index (χ0n) is 13.6. The Hall–Kier alpha value is -1.98. The molecular formula is C18H20ClN3O2. The van der Waals surface area contributed by atoms with Crippen molar-refractivity contribution in [2.45, 2.75) is 31.7 Å². The molecule has 1 aliphatic rings. The smallest absolute Gasteiger partial charge is 0.341 e. The summed E-state index contributed by atoms with van der Waals surface area (Å²) in [5, 5.41) is 4.12. The number of benzene rings is 1. The molecule has 2 aromatic rings. The van der Waals surface area contributed by atoms with Crippen LogP contribution >= 0.6 is 11.6 Å². The number of ether oxygens (including phenoxy) is 1. The molecule has 1 N–H and O–H groups in total. The predicted octanol–water partition coefficient (Wildman–Crippen LogP) is 3.32. The first kappa shape index (κ1) is 16.9. The van der Waals surface area contributed by atoms with Crippen molar-refractivity contribution in [3.8, 4) is 0 Å². The fourth-order valence-electron chi connectivity index (χ4n) is 2.88. The molecule has 0 amide bonds. The molecule has 1 fully saturated rings. The number of aromatic nitrogens is 2. The third-order valence-electron chi connectivity index (χ3n) is 4.20. The number of esters is 1. The lowest BCUT2D eigenvalue weighted by atomic mass is 10.0. The maximum absolute atomic E-state index is 12.0. The maximum atomic E-state index is 12.0. The number of nitrogens with one attached hydrogen (secondary N) is 1. The molecule has 6 heteroatoms. The number of carbonyl (C=O) groups excluding carboxylic acids is 1. The van der Waals surface area contributed by atoms with E-state index in [1.54, 1.807) is 6.20 Å². The average molecular weight is 346 g/mol. The van der Waals surface area contributed by atoms with E-state index in [9.17, 15) is 4.79 Å². The number of rotatable bonds is 4. The van der Waals surface area contributed by atoms with E-state index in [1.807, 2.05) is 24.3 Å². The topological polar surface area (TPSA) is 64.1 Å². The first-order valence-electron chi connectivity index (χ1n) is 8.09. The Morgan fingerprint density at radius 1 is 1.33 bits per heavy atom. The van der Waals surface area contributed by atoms with Crippen LogP contribution in [0.1, 0.15) is 52.7 Å². The first-order chi connectivity index (χ1) is 11.7. The lowest BCUT2D eigenvalue weighted by Gasteiger charge is -2.22.